The molecule has 0 amide bonds. The van der Waals surface area contributed by atoms with E-state index in [1.807, 2.05) is 92.1 Å². The summed E-state index contributed by atoms with van der Waals surface area (Å²) >= 11 is 0. The van der Waals surface area contributed by atoms with Gasteiger partial charge >= 0.3 is 6.01 Å². The number of nitrogens with zero attached hydrogens (tertiary/aromatic N) is 5. The Hall–Kier alpha value is -6.56. The first-order valence-corrected chi connectivity index (χ1v) is 19.1. The molecule has 0 fully saturated rings. The molecular formula is C51H45F2N5+2. The van der Waals surface area contributed by atoms with Gasteiger partial charge in [-0.15, -0.1) is 0 Å². The highest BCUT2D eigenvalue weighted by atomic mass is 19.3. The van der Waals surface area contributed by atoms with Crippen molar-refractivity contribution in [3.05, 3.63) is 174 Å². The first-order valence-electron chi connectivity index (χ1n) is 22.6. The molecule has 1 aliphatic heterocycles. The summed E-state index contributed by atoms with van der Waals surface area (Å²) in [6.07, 6.45) is 2.99. The summed E-state index contributed by atoms with van der Waals surface area (Å²) in [5.74, 6) is -2.94. The summed E-state index contributed by atoms with van der Waals surface area (Å²) in [5.41, 5.74) is 3.84. The Morgan fingerprint density at radius 1 is 0.638 bits per heavy atom. The first-order chi connectivity index (χ1) is 30.6. The minimum atomic E-state index is -3.54. The average molecular weight is 773 g/mol. The van der Waals surface area contributed by atoms with Crippen LogP contribution in [-0.4, -0.2) is 20.5 Å². The maximum absolute atomic E-state index is 17.6. The SMILES string of the molecule is [2H]c1c([2H])c(C([2H])([2H])[2H])c([2H])c([2H])c1-c1ccccc1[N+]1=C=[N+](c2cc(C(C)(C)C)cc(C(F)(F)c3cnc4c5ccccc5n(-c5cc(C(C)(C)C)ccn5)c4c3)c2)c2ccccc21. The van der Waals surface area contributed by atoms with Gasteiger partial charge in [0.1, 0.15) is 5.82 Å². The molecule has 3 aromatic heterocycles. The largest absolute Gasteiger partial charge is 0.503 e. The number of pyridine rings is 2. The molecular weight excluding hydrogens is 721 g/mol. The first kappa shape index (κ1) is 29.6. The lowest BCUT2D eigenvalue weighted by Crippen LogP contribution is -2.19. The molecule has 0 bridgehead atoms. The van der Waals surface area contributed by atoms with Gasteiger partial charge in [-0.2, -0.15) is 8.78 Å². The summed E-state index contributed by atoms with van der Waals surface area (Å²) in [6.45, 7) is 9.35. The number of aromatic nitrogens is 3. The van der Waals surface area contributed by atoms with E-state index in [-0.39, 0.29) is 22.1 Å². The van der Waals surface area contributed by atoms with E-state index in [2.05, 4.69) is 26.8 Å². The fourth-order valence-corrected chi connectivity index (χ4v) is 7.53. The summed E-state index contributed by atoms with van der Waals surface area (Å²) < 4.78 is 99.2. The third-order valence-corrected chi connectivity index (χ3v) is 10.7. The molecule has 0 radical (unpaired) electrons. The van der Waals surface area contributed by atoms with Gasteiger partial charge in [-0.25, -0.2) is 4.98 Å². The van der Waals surface area contributed by atoms with Crippen molar-refractivity contribution in [1.82, 2.24) is 23.7 Å². The Morgan fingerprint density at radius 3 is 2.02 bits per heavy atom. The van der Waals surface area contributed by atoms with Gasteiger partial charge in [-0.1, -0.05) is 114 Å². The molecule has 1 aliphatic rings. The third kappa shape index (κ3) is 6.32. The molecule has 0 unspecified atom stereocenters. The third-order valence-electron chi connectivity index (χ3n) is 10.7. The number of para-hydroxylation sites is 4. The van der Waals surface area contributed by atoms with E-state index in [1.54, 1.807) is 39.6 Å². The Kier molecular flexibility index (Phi) is 6.92. The number of halogens is 2. The second-order valence-electron chi connectivity index (χ2n) is 16.7. The monoisotopic (exact) mass is 772 g/mol. The van der Waals surface area contributed by atoms with Crippen LogP contribution in [0.3, 0.4) is 0 Å². The van der Waals surface area contributed by atoms with Gasteiger partial charge in [0.05, 0.1) is 27.6 Å². The fourth-order valence-electron chi connectivity index (χ4n) is 7.53. The van der Waals surface area contributed by atoms with E-state index in [1.165, 1.54) is 24.4 Å². The molecule has 58 heavy (non-hydrogen) atoms. The van der Waals surface area contributed by atoms with Crippen LogP contribution in [0.4, 0.5) is 31.5 Å². The zero-order valence-electron chi connectivity index (χ0n) is 40.0. The van der Waals surface area contributed by atoms with Gasteiger partial charge < -0.3 is 0 Å². The highest BCUT2D eigenvalue weighted by molar-refractivity contribution is 6.07. The molecule has 286 valence electrons. The van der Waals surface area contributed by atoms with E-state index >= 15 is 8.78 Å². The van der Waals surface area contributed by atoms with Crippen LogP contribution in [-0.2, 0) is 16.8 Å². The highest BCUT2D eigenvalue weighted by Crippen LogP contribution is 2.44. The van der Waals surface area contributed by atoms with Crippen LogP contribution in [0.25, 0.3) is 38.9 Å². The summed E-state index contributed by atoms with van der Waals surface area (Å²) in [7, 11) is 0. The fraction of sp³-hybridized carbons (Fsp3) is 0.196. The number of fused-ring (bicyclic) bond motifs is 4. The molecule has 4 heterocycles. The van der Waals surface area contributed by atoms with Crippen LogP contribution in [0.1, 0.15) is 79.0 Å². The molecule has 5 nitrogen and oxygen atoms in total. The minimum Gasteiger partial charge on any atom is -0.292 e. The number of benzene rings is 5. The summed E-state index contributed by atoms with van der Waals surface area (Å²) in [6, 6.07) is 33.2. The zero-order valence-corrected chi connectivity index (χ0v) is 33.0. The van der Waals surface area contributed by atoms with Crippen molar-refractivity contribution in [3.63, 3.8) is 0 Å². The van der Waals surface area contributed by atoms with E-state index in [0.717, 1.165) is 16.5 Å². The Morgan fingerprint density at radius 2 is 1.29 bits per heavy atom. The van der Waals surface area contributed by atoms with Gasteiger partial charge in [-0.05, 0) is 79.9 Å². The van der Waals surface area contributed by atoms with Gasteiger partial charge in [0.25, 0.3) is 17.3 Å². The van der Waals surface area contributed by atoms with Crippen molar-refractivity contribution >= 4 is 50.7 Å². The summed E-state index contributed by atoms with van der Waals surface area (Å²) in [5, 5.41) is 0.813. The molecule has 0 saturated heterocycles. The molecule has 0 aliphatic carbocycles. The van der Waals surface area contributed by atoms with E-state index in [0.29, 0.717) is 50.7 Å². The smallest absolute Gasteiger partial charge is 0.292 e. The van der Waals surface area contributed by atoms with Gasteiger partial charge in [0, 0.05) is 63.4 Å². The lowest BCUT2D eigenvalue weighted by Gasteiger charge is -2.23. The van der Waals surface area contributed by atoms with Crippen molar-refractivity contribution in [2.45, 2.75) is 65.1 Å². The highest BCUT2D eigenvalue weighted by Gasteiger charge is 2.41. The molecule has 0 atom stereocenters. The molecule has 5 aromatic carbocycles. The lowest BCUT2D eigenvalue weighted by atomic mass is 9.84. The van der Waals surface area contributed by atoms with Crippen LogP contribution < -0.4 is 9.15 Å². The maximum Gasteiger partial charge on any atom is 0.503 e. The maximum atomic E-state index is 17.6. The van der Waals surface area contributed by atoms with E-state index in [9.17, 15) is 0 Å². The van der Waals surface area contributed by atoms with E-state index in [4.69, 9.17) is 19.6 Å². The van der Waals surface area contributed by atoms with Crippen molar-refractivity contribution < 1.29 is 18.4 Å². The second kappa shape index (κ2) is 13.5. The van der Waals surface area contributed by atoms with E-state index < -0.39 is 47.9 Å². The standard InChI is InChI=1S/C51H45F2N5/c1-33-20-22-34(23-21-33)40-14-8-10-16-42(40)57-32-56(44-18-12-13-19-45(44)57)39-27-36(50(5,6)7)26-37(28-39)51(52,53)38-29-46-48(55-31-38)41-15-9-11-17-43(41)58(46)47-30-35(24-25-54-47)49(2,3)4/h8-31H,1-7H3/q+2/i1D3,20D,21D,22D,23D. The summed E-state index contributed by atoms with van der Waals surface area (Å²) in [4.78, 5) is 9.41. The molecule has 0 N–H and O–H groups in total. The van der Waals surface area contributed by atoms with Crippen LogP contribution in [0.2, 0.25) is 0 Å². The van der Waals surface area contributed by atoms with Gasteiger partial charge in [0.15, 0.2) is 0 Å². The Bertz CT molecular complexity index is 3320. The van der Waals surface area contributed by atoms with Crippen molar-refractivity contribution in [2.75, 3.05) is 0 Å². The predicted octanol–water partition coefficient (Wildman–Crippen LogP) is 13.1. The molecule has 0 spiro atoms. The van der Waals surface area contributed by atoms with Crippen LogP contribution in [0.5, 0.6) is 0 Å². The average Bonchev–Trinajstić information content (AvgIpc) is 3.81. The number of hydrogen-bond donors (Lipinski definition) is 0. The molecule has 0 saturated carbocycles. The van der Waals surface area contributed by atoms with Crippen molar-refractivity contribution in [3.8, 4) is 16.9 Å². The molecule has 9 rings (SSSR count). The number of alkyl halides is 2. The zero-order chi connectivity index (χ0) is 46.5. The Balaban J connectivity index is 1.24. The van der Waals surface area contributed by atoms with Gasteiger partial charge in [0.2, 0.25) is 11.4 Å². The normalized spacial score (nSPS) is 15.1. The molecule has 8 aromatic rings. The number of hydrogen-bond acceptors (Lipinski definition) is 2. The Labute approximate surface area is 347 Å². The van der Waals surface area contributed by atoms with Crippen molar-refractivity contribution in [2.24, 2.45) is 0 Å². The topological polar surface area (TPSA) is 36.7 Å². The molecule has 7 heteroatoms. The minimum absolute atomic E-state index is 0.0831. The lowest BCUT2D eigenvalue weighted by molar-refractivity contribution is 0.0425. The van der Waals surface area contributed by atoms with Crippen LogP contribution in [0, 0.1) is 6.85 Å². The predicted molar refractivity (Wildman–Crippen MR) is 234 cm³/mol. The second-order valence-corrected chi connectivity index (χ2v) is 16.7. The van der Waals surface area contributed by atoms with Crippen LogP contribution >= 0.6 is 0 Å². The van der Waals surface area contributed by atoms with Crippen LogP contribution in [0.15, 0.2) is 146 Å². The van der Waals surface area contributed by atoms with Crippen molar-refractivity contribution in [1.29, 1.82) is 0 Å². The van der Waals surface area contributed by atoms with Gasteiger partial charge in [-0.3, -0.25) is 9.55 Å². The number of rotatable bonds is 6. The quantitative estimate of drug-likeness (QED) is 0.158.